The van der Waals surface area contributed by atoms with Gasteiger partial charge in [-0.1, -0.05) is 13.0 Å². The first kappa shape index (κ1) is 14.9. The molecule has 0 radical (unpaired) electrons. The normalized spacial score (nSPS) is 13.4. The first-order valence-corrected chi connectivity index (χ1v) is 7.50. The minimum Gasteiger partial charge on any atom is -0.377 e. The van der Waals surface area contributed by atoms with Gasteiger partial charge in [-0.25, -0.2) is 17.2 Å². The van der Waals surface area contributed by atoms with Crippen LogP contribution in [0, 0.1) is 18.6 Å². The topological polar surface area (TPSA) is 46.2 Å². The SMILES string of the molecule is CCS(=O)(=O)CC(C)Nc1c(F)ccc(C)c1F. The average molecular weight is 277 g/mol. The van der Waals surface area contributed by atoms with Crippen molar-refractivity contribution in [2.45, 2.75) is 26.8 Å². The van der Waals surface area contributed by atoms with Gasteiger partial charge in [-0.05, 0) is 25.5 Å². The van der Waals surface area contributed by atoms with E-state index < -0.39 is 27.5 Å². The van der Waals surface area contributed by atoms with Crippen LogP contribution in [0.3, 0.4) is 0 Å². The zero-order valence-electron chi connectivity index (χ0n) is 10.6. The molecule has 0 aliphatic rings. The standard InChI is InChI=1S/C12H17F2NO2S/c1-4-18(16,17)7-9(3)15-12-10(13)6-5-8(2)11(12)14/h5-6,9,15H,4,7H2,1-3H3. The zero-order valence-corrected chi connectivity index (χ0v) is 11.4. The number of nitrogens with one attached hydrogen (secondary N) is 1. The molecular formula is C12H17F2NO2S. The van der Waals surface area contributed by atoms with Crippen molar-refractivity contribution in [2.24, 2.45) is 0 Å². The summed E-state index contributed by atoms with van der Waals surface area (Å²) in [6, 6.07) is 1.94. The molecule has 0 aromatic heterocycles. The van der Waals surface area contributed by atoms with Crippen molar-refractivity contribution in [3.63, 3.8) is 0 Å². The van der Waals surface area contributed by atoms with E-state index >= 15 is 0 Å². The van der Waals surface area contributed by atoms with Crippen molar-refractivity contribution in [1.82, 2.24) is 0 Å². The Morgan fingerprint density at radius 3 is 2.50 bits per heavy atom. The van der Waals surface area contributed by atoms with Gasteiger partial charge < -0.3 is 5.32 Å². The summed E-state index contributed by atoms with van der Waals surface area (Å²) in [7, 11) is -3.18. The molecule has 0 saturated carbocycles. The van der Waals surface area contributed by atoms with E-state index in [1.165, 1.54) is 19.9 Å². The van der Waals surface area contributed by atoms with Gasteiger partial charge in [-0.2, -0.15) is 0 Å². The van der Waals surface area contributed by atoms with Gasteiger partial charge in [0.15, 0.2) is 15.7 Å². The van der Waals surface area contributed by atoms with Gasteiger partial charge >= 0.3 is 0 Å². The minimum atomic E-state index is -3.18. The van der Waals surface area contributed by atoms with Gasteiger partial charge in [-0.3, -0.25) is 0 Å². The van der Waals surface area contributed by atoms with Crippen LogP contribution in [-0.2, 0) is 9.84 Å². The second-order valence-corrected chi connectivity index (χ2v) is 6.70. The molecule has 0 saturated heterocycles. The summed E-state index contributed by atoms with van der Waals surface area (Å²) in [6.07, 6.45) is 0. The Morgan fingerprint density at radius 2 is 1.94 bits per heavy atom. The van der Waals surface area contributed by atoms with Crippen LogP contribution >= 0.6 is 0 Å². The summed E-state index contributed by atoms with van der Waals surface area (Å²) in [4.78, 5) is 0. The van der Waals surface area contributed by atoms with E-state index in [1.54, 1.807) is 6.92 Å². The Balaban J connectivity index is 2.89. The number of benzene rings is 1. The van der Waals surface area contributed by atoms with Gasteiger partial charge in [0.1, 0.15) is 11.5 Å². The fraction of sp³-hybridized carbons (Fsp3) is 0.500. The molecule has 0 fully saturated rings. The summed E-state index contributed by atoms with van der Waals surface area (Å²) in [5.74, 6) is -1.55. The van der Waals surface area contributed by atoms with Crippen LogP contribution in [0.15, 0.2) is 12.1 Å². The van der Waals surface area contributed by atoms with Crippen LogP contribution in [0.2, 0.25) is 0 Å². The first-order valence-electron chi connectivity index (χ1n) is 5.68. The maximum atomic E-state index is 13.7. The number of halogens is 2. The largest absolute Gasteiger partial charge is 0.377 e. The molecule has 1 unspecified atom stereocenters. The van der Waals surface area contributed by atoms with Crippen molar-refractivity contribution < 1.29 is 17.2 Å². The molecule has 6 heteroatoms. The molecule has 0 aliphatic carbocycles. The van der Waals surface area contributed by atoms with E-state index in [9.17, 15) is 17.2 Å². The molecule has 0 heterocycles. The van der Waals surface area contributed by atoms with Crippen LogP contribution < -0.4 is 5.32 Å². The predicted molar refractivity (Wildman–Crippen MR) is 68.5 cm³/mol. The first-order chi connectivity index (χ1) is 8.26. The minimum absolute atomic E-state index is 0.0117. The molecule has 1 rings (SSSR count). The molecule has 1 N–H and O–H groups in total. The number of aryl methyl sites for hydroxylation is 1. The fourth-order valence-electron chi connectivity index (χ4n) is 1.58. The van der Waals surface area contributed by atoms with Gasteiger partial charge in [-0.15, -0.1) is 0 Å². The van der Waals surface area contributed by atoms with E-state index in [2.05, 4.69) is 5.32 Å². The van der Waals surface area contributed by atoms with Crippen LogP contribution in [0.4, 0.5) is 14.5 Å². The van der Waals surface area contributed by atoms with Crippen LogP contribution in [0.5, 0.6) is 0 Å². The Morgan fingerprint density at radius 1 is 1.33 bits per heavy atom. The summed E-state index contributed by atoms with van der Waals surface area (Å²) < 4.78 is 50.0. The number of sulfone groups is 1. The average Bonchev–Trinajstić information content (AvgIpc) is 2.29. The molecular weight excluding hydrogens is 260 g/mol. The third-order valence-corrected chi connectivity index (χ3v) is 4.51. The molecule has 0 aliphatic heterocycles. The monoisotopic (exact) mass is 277 g/mol. The lowest BCUT2D eigenvalue weighted by Gasteiger charge is -2.16. The van der Waals surface area contributed by atoms with Crippen molar-refractivity contribution in [3.8, 4) is 0 Å². The van der Waals surface area contributed by atoms with Crippen LogP contribution in [0.1, 0.15) is 19.4 Å². The highest BCUT2D eigenvalue weighted by molar-refractivity contribution is 7.91. The van der Waals surface area contributed by atoms with Gasteiger partial charge in [0.2, 0.25) is 0 Å². The van der Waals surface area contributed by atoms with E-state index in [0.29, 0.717) is 5.56 Å². The van der Waals surface area contributed by atoms with Crippen LogP contribution in [0.25, 0.3) is 0 Å². The van der Waals surface area contributed by atoms with Crippen molar-refractivity contribution in [2.75, 3.05) is 16.8 Å². The summed E-state index contributed by atoms with van der Waals surface area (Å²) >= 11 is 0. The molecule has 3 nitrogen and oxygen atoms in total. The summed E-state index contributed by atoms with van der Waals surface area (Å²) in [5.41, 5.74) is 0.0400. The Hall–Kier alpha value is -1.17. The molecule has 0 amide bonds. The highest BCUT2D eigenvalue weighted by Crippen LogP contribution is 2.22. The Labute approximate surface area is 106 Å². The van der Waals surface area contributed by atoms with Gasteiger partial charge in [0, 0.05) is 11.8 Å². The van der Waals surface area contributed by atoms with E-state index in [0.717, 1.165) is 6.07 Å². The van der Waals surface area contributed by atoms with E-state index in [1.807, 2.05) is 0 Å². The van der Waals surface area contributed by atoms with Gasteiger partial charge in [0.05, 0.1) is 5.75 Å². The molecule has 102 valence electrons. The number of anilines is 1. The van der Waals surface area contributed by atoms with Crippen molar-refractivity contribution in [3.05, 3.63) is 29.3 Å². The van der Waals surface area contributed by atoms with Crippen molar-refractivity contribution in [1.29, 1.82) is 0 Å². The number of hydrogen-bond acceptors (Lipinski definition) is 3. The molecule has 18 heavy (non-hydrogen) atoms. The van der Waals surface area contributed by atoms with Crippen molar-refractivity contribution >= 4 is 15.5 Å². The second-order valence-electron chi connectivity index (χ2n) is 4.30. The van der Waals surface area contributed by atoms with E-state index in [-0.39, 0.29) is 17.2 Å². The maximum Gasteiger partial charge on any atom is 0.152 e. The summed E-state index contributed by atoms with van der Waals surface area (Å²) in [5, 5.41) is 2.58. The Kier molecular flexibility index (Phi) is 4.67. The second kappa shape index (κ2) is 5.65. The van der Waals surface area contributed by atoms with E-state index in [4.69, 9.17) is 0 Å². The number of rotatable bonds is 5. The molecule has 0 spiro atoms. The third-order valence-electron chi connectivity index (χ3n) is 2.62. The lowest BCUT2D eigenvalue weighted by molar-refractivity contribution is 0.575. The molecule has 0 bridgehead atoms. The number of hydrogen-bond donors (Lipinski definition) is 1. The van der Waals surface area contributed by atoms with Crippen LogP contribution in [-0.4, -0.2) is 26.0 Å². The third kappa shape index (κ3) is 3.66. The highest BCUT2D eigenvalue weighted by Gasteiger charge is 2.17. The molecule has 1 aromatic carbocycles. The molecule has 1 atom stereocenters. The maximum absolute atomic E-state index is 13.7. The summed E-state index contributed by atoms with van der Waals surface area (Å²) in [6.45, 7) is 4.64. The Bertz CT molecular complexity index is 529. The zero-order chi connectivity index (χ0) is 13.9. The smallest absolute Gasteiger partial charge is 0.152 e. The van der Waals surface area contributed by atoms with Gasteiger partial charge in [0.25, 0.3) is 0 Å². The fourth-order valence-corrected chi connectivity index (χ4v) is 2.66. The lowest BCUT2D eigenvalue weighted by Crippen LogP contribution is -2.27. The lowest BCUT2D eigenvalue weighted by atomic mass is 10.2. The predicted octanol–water partition coefficient (Wildman–Crippen LogP) is 2.51. The molecule has 1 aromatic rings. The quantitative estimate of drug-likeness (QED) is 0.899. The highest BCUT2D eigenvalue weighted by atomic mass is 32.2.